The summed E-state index contributed by atoms with van der Waals surface area (Å²) in [5.41, 5.74) is 0.945. The van der Waals surface area contributed by atoms with Gasteiger partial charge in [0.1, 0.15) is 5.82 Å². The molecule has 2 unspecified atom stereocenters. The monoisotopic (exact) mass is 347 g/mol. The van der Waals surface area contributed by atoms with Crippen molar-refractivity contribution in [2.45, 2.75) is 24.8 Å². The van der Waals surface area contributed by atoms with E-state index in [-0.39, 0.29) is 24.2 Å². The second-order valence-corrected chi connectivity index (χ2v) is 6.55. The smallest absolute Gasteiger partial charge is 0.221 e. The highest BCUT2D eigenvalue weighted by Crippen LogP contribution is 2.45. The predicted molar refractivity (Wildman–Crippen MR) is 83.4 cm³/mol. The van der Waals surface area contributed by atoms with Crippen molar-refractivity contribution in [3.8, 4) is 0 Å². The molecule has 0 saturated carbocycles. The molecule has 2 nitrogen and oxygen atoms in total. The van der Waals surface area contributed by atoms with Crippen LogP contribution in [-0.2, 0) is 10.2 Å². The molecule has 4 heteroatoms. The van der Waals surface area contributed by atoms with Gasteiger partial charge in [-0.15, -0.1) is 0 Å². The van der Waals surface area contributed by atoms with Crippen LogP contribution < -0.4 is 5.32 Å². The summed E-state index contributed by atoms with van der Waals surface area (Å²) in [6, 6.07) is 14.4. The van der Waals surface area contributed by atoms with Gasteiger partial charge in [-0.1, -0.05) is 53.2 Å². The third kappa shape index (κ3) is 2.48. The Morgan fingerprint density at radius 1 is 1.24 bits per heavy atom. The number of hydrogen-bond donors (Lipinski definition) is 1. The average Bonchev–Trinajstić information content (AvgIpc) is 2.78. The SMILES string of the molecule is CC1(c2cc(Br)ccc2F)CC(=O)NC1c1ccccc1. The maximum absolute atomic E-state index is 14.3. The van der Waals surface area contributed by atoms with Crippen molar-refractivity contribution < 1.29 is 9.18 Å². The van der Waals surface area contributed by atoms with E-state index >= 15 is 0 Å². The number of rotatable bonds is 2. The molecule has 3 rings (SSSR count). The highest BCUT2D eigenvalue weighted by molar-refractivity contribution is 9.10. The van der Waals surface area contributed by atoms with E-state index in [2.05, 4.69) is 21.2 Å². The van der Waals surface area contributed by atoms with Crippen molar-refractivity contribution in [1.82, 2.24) is 5.32 Å². The van der Waals surface area contributed by atoms with Gasteiger partial charge in [0.2, 0.25) is 5.91 Å². The van der Waals surface area contributed by atoms with Gasteiger partial charge in [-0.2, -0.15) is 0 Å². The van der Waals surface area contributed by atoms with Crippen molar-refractivity contribution in [1.29, 1.82) is 0 Å². The lowest BCUT2D eigenvalue weighted by molar-refractivity contribution is -0.119. The zero-order chi connectivity index (χ0) is 15.0. The van der Waals surface area contributed by atoms with E-state index in [1.54, 1.807) is 12.1 Å². The Hall–Kier alpha value is -1.68. The Bertz CT molecular complexity index is 688. The van der Waals surface area contributed by atoms with Crippen LogP contribution in [0.4, 0.5) is 4.39 Å². The summed E-state index contributed by atoms with van der Waals surface area (Å²) < 4.78 is 15.1. The molecule has 0 bridgehead atoms. The second-order valence-electron chi connectivity index (χ2n) is 5.63. The van der Waals surface area contributed by atoms with E-state index in [9.17, 15) is 9.18 Å². The quantitative estimate of drug-likeness (QED) is 0.870. The van der Waals surface area contributed by atoms with Crippen LogP contribution in [0.1, 0.15) is 30.5 Å². The molecule has 108 valence electrons. The first-order valence-electron chi connectivity index (χ1n) is 6.80. The fraction of sp³-hybridized carbons (Fsp3) is 0.235. The van der Waals surface area contributed by atoms with E-state index in [4.69, 9.17) is 0 Å². The molecule has 2 aromatic carbocycles. The second kappa shape index (κ2) is 5.26. The van der Waals surface area contributed by atoms with E-state index in [1.165, 1.54) is 6.07 Å². The van der Waals surface area contributed by atoms with Crippen molar-refractivity contribution in [3.63, 3.8) is 0 Å². The molecule has 1 N–H and O–H groups in total. The van der Waals surface area contributed by atoms with Gasteiger partial charge in [0, 0.05) is 16.3 Å². The lowest BCUT2D eigenvalue weighted by Crippen LogP contribution is -2.31. The van der Waals surface area contributed by atoms with Gasteiger partial charge in [-0.05, 0) is 29.3 Å². The Labute approximate surface area is 131 Å². The van der Waals surface area contributed by atoms with Crippen LogP contribution in [0, 0.1) is 5.82 Å². The van der Waals surface area contributed by atoms with Gasteiger partial charge in [0.15, 0.2) is 0 Å². The number of hydrogen-bond acceptors (Lipinski definition) is 1. The largest absolute Gasteiger partial charge is 0.348 e. The minimum atomic E-state index is -0.605. The van der Waals surface area contributed by atoms with Crippen molar-refractivity contribution in [3.05, 3.63) is 69.9 Å². The minimum Gasteiger partial charge on any atom is -0.348 e. The van der Waals surface area contributed by atoms with Crippen molar-refractivity contribution in [2.75, 3.05) is 0 Å². The lowest BCUT2D eigenvalue weighted by Gasteiger charge is -2.31. The van der Waals surface area contributed by atoms with Gasteiger partial charge in [0.25, 0.3) is 0 Å². The number of benzene rings is 2. The zero-order valence-electron chi connectivity index (χ0n) is 11.6. The Morgan fingerprint density at radius 3 is 2.67 bits per heavy atom. The van der Waals surface area contributed by atoms with E-state index in [0.29, 0.717) is 5.56 Å². The first-order chi connectivity index (χ1) is 10.0. The third-order valence-corrected chi connectivity index (χ3v) is 4.64. The normalized spacial score (nSPS) is 24.9. The molecular formula is C17H15BrFNO. The minimum absolute atomic E-state index is 0.0503. The van der Waals surface area contributed by atoms with E-state index < -0.39 is 5.41 Å². The molecule has 21 heavy (non-hydrogen) atoms. The summed E-state index contributed by atoms with van der Waals surface area (Å²) in [5.74, 6) is -0.330. The van der Waals surface area contributed by atoms with Gasteiger partial charge >= 0.3 is 0 Å². The molecule has 1 aliphatic rings. The summed E-state index contributed by atoms with van der Waals surface area (Å²) in [4.78, 5) is 12.0. The molecule has 1 amide bonds. The zero-order valence-corrected chi connectivity index (χ0v) is 13.2. The first kappa shape index (κ1) is 14.3. The van der Waals surface area contributed by atoms with Gasteiger partial charge in [-0.3, -0.25) is 4.79 Å². The topological polar surface area (TPSA) is 29.1 Å². The van der Waals surface area contributed by atoms with Gasteiger partial charge in [-0.25, -0.2) is 4.39 Å². The Kier molecular flexibility index (Phi) is 3.57. The molecule has 0 aromatic heterocycles. The first-order valence-corrected chi connectivity index (χ1v) is 7.60. The summed E-state index contributed by atoms with van der Waals surface area (Å²) in [6.07, 6.45) is 0.278. The Morgan fingerprint density at radius 2 is 1.95 bits per heavy atom. The average molecular weight is 348 g/mol. The fourth-order valence-electron chi connectivity index (χ4n) is 3.09. The number of halogens is 2. The summed E-state index contributed by atoms with van der Waals surface area (Å²) >= 11 is 3.39. The molecule has 1 aliphatic heterocycles. The molecule has 1 heterocycles. The highest BCUT2D eigenvalue weighted by atomic mass is 79.9. The molecular weight excluding hydrogens is 333 g/mol. The maximum atomic E-state index is 14.3. The standard InChI is InChI=1S/C17H15BrFNO/c1-17(13-9-12(18)7-8-14(13)19)10-15(21)20-16(17)11-5-3-2-4-6-11/h2-9,16H,10H2,1H3,(H,20,21). The number of carbonyl (C=O) groups is 1. The third-order valence-electron chi connectivity index (χ3n) is 4.15. The van der Waals surface area contributed by atoms with Crippen LogP contribution in [0.3, 0.4) is 0 Å². The van der Waals surface area contributed by atoms with Crippen LogP contribution in [0.15, 0.2) is 53.0 Å². The molecule has 1 saturated heterocycles. The molecule has 0 radical (unpaired) electrons. The fourth-order valence-corrected chi connectivity index (χ4v) is 3.45. The Balaban J connectivity index is 2.13. The van der Waals surface area contributed by atoms with Crippen LogP contribution in [0.25, 0.3) is 0 Å². The van der Waals surface area contributed by atoms with Crippen LogP contribution in [0.2, 0.25) is 0 Å². The predicted octanol–water partition coefficient (Wildman–Crippen LogP) is 4.11. The maximum Gasteiger partial charge on any atom is 0.221 e. The van der Waals surface area contributed by atoms with Gasteiger partial charge < -0.3 is 5.32 Å². The summed E-state index contributed by atoms with van der Waals surface area (Å²) in [6.45, 7) is 1.94. The van der Waals surface area contributed by atoms with Crippen molar-refractivity contribution >= 4 is 21.8 Å². The molecule has 0 spiro atoms. The van der Waals surface area contributed by atoms with E-state index in [0.717, 1.165) is 10.0 Å². The van der Waals surface area contributed by atoms with Crippen molar-refractivity contribution in [2.24, 2.45) is 0 Å². The summed E-state index contributed by atoms with van der Waals surface area (Å²) in [7, 11) is 0. The highest BCUT2D eigenvalue weighted by Gasteiger charge is 2.46. The van der Waals surface area contributed by atoms with E-state index in [1.807, 2.05) is 37.3 Å². The van der Waals surface area contributed by atoms with Crippen LogP contribution in [0.5, 0.6) is 0 Å². The number of amides is 1. The molecule has 2 atom stereocenters. The molecule has 1 fully saturated rings. The number of carbonyl (C=O) groups excluding carboxylic acids is 1. The van der Waals surface area contributed by atoms with Crippen LogP contribution in [-0.4, -0.2) is 5.91 Å². The summed E-state index contributed by atoms with van der Waals surface area (Å²) in [5, 5.41) is 2.99. The van der Waals surface area contributed by atoms with Crippen LogP contribution >= 0.6 is 15.9 Å². The lowest BCUT2D eigenvalue weighted by atomic mass is 9.73. The number of nitrogens with one attached hydrogen (secondary N) is 1. The molecule has 2 aromatic rings. The molecule has 0 aliphatic carbocycles. The van der Waals surface area contributed by atoms with Gasteiger partial charge in [0.05, 0.1) is 6.04 Å².